The molecule has 1 aliphatic heterocycles. The van der Waals surface area contributed by atoms with E-state index in [2.05, 4.69) is 0 Å². The third-order valence-electron chi connectivity index (χ3n) is 3.12. The molecule has 1 saturated heterocycles. The van der Waals surface area contributed by atoms with E-state index in [0.717, 1.165) is 18.4 Å². The van der Waals surface area contributed by atoms with Gasteiger partial charge in [-0.25, -0.2) is 0 Å². The first-order valence-electron chi connectivity index (χ1n) is 6.30. The van der Waals surface area contributed by atoms with E-state index in [1.54, 1.807) is 24.3 Å². The summed E-state index contributed by atoms with van der Waals surface area (Å²) in [6.45, 7) is 2.40. The van der Waals surface area contributed by atoms with Gasteiger partial charge >= 0.3 is 0 Å². The summed E-state index contributed by atoms with van der Waals surface area (Å²) in [4.78, 5) is 0.172. The minimum Gasteiger partial charge on any atom is -0.374 e. The molecule has 0 radical (unpaired) electrons. The van der Waals surface area contributed by atoms with Crippen LogP contribution in [0, 0.1) is 6.92 Å². The Bertz CT molecular complexity index is 510. The molecule has 2 rings (SSSR count). The molecule has 1 aliphatic rings. The molecule has 0 saturated carbocycles. The number of hydrogen-bond donors (Lipinski definition) is 1. The molecule has 1 aromatic rings. The van der Waals surface area contributed by atoms with Crippen molar-refractivity contribution in [3.8, 4) is 0 Å². The zero-order valence-electron chi connectivity index (χ0n) is 11.3. The molecule has 0 aromatic heterocycles. The third-order valence-corrected chi connectivity index (χ3v) is 4.42. The Morgan fingerprint density at radius 2 is 1.95 bits per heavy atom. The number of halogens is 1. The fourth-order valence-corrected chi connectivity index (χ4v) is 2.83. The van der Waals surface area contributed by atoms with E-state index in [0.29, 0.717) is 6.61 Å². The van der Waals surface area contributed by atoms with Crippen molar-refractivity contribution in [2.24, 2.45) is 5.73 Å². The Labute approximate surface area is 126 Å². The lowest BCUT2D eigenvalue weighted by atomic mass is 10.1. The van der Waals surface area contributed by atoms with Crippen molar-refractivity contribution in [3.63, 3.8) is 0 Å². The van der Waals surface area contributed by atoms with Crippen LogP contribution in [-0.4, -0.2) is 33.8 Å². The molecule has 0 amide bonds. The molecule has 1 aromatic carbocycles. The van der Waals surface area contributed by atoms with Gasteiger partial charge in [0.25, 0.3) is 10.1 Å². The Morgan fingerprint density at radius 1 is 1.30 bits per heavy atom. The van der Waals surface area contributed by atoms with Gasteiger partial charge in [0.1, 0.15) is 0 Å². The molecule has 0 aliphatic carbocycles. The van der Waals surface area contributed by atoms with Gasteiger partial charge in [0.05, 0.1) is 24.2 Å². The van der Waals surface area contributed by atoms with E-state index in [4.69, 9.17) is 14.7 Å². The Hall–Kier alpha value is -0.660. The second-order valence-corrected chi connectivity index (χ2v) is 6.46. The monoisotopic (exact) mass is 321 g/mol. The molecule has 0 unspecified atom stereocenters. The predicted molar refractivity (Wildman–Crippen MR) is 78.5 cm³/mol. The average Bonchev–Trinajstić information content (AvgIpc) is 2.39. The van der Waals surface area contributed by atoms with Crippen LogP contribution < -0.4 is 5.73 Å². The van der Waals surface area contributed by atoms with Gasteiger partial charge < -0.3 is 10.5 Å². The number of hydrogen-bond acceptors (Lipinski definition) is 5. The van der Waals surface area contributed by atoms with Gasteiger partial charge in [-0.15, -0.1) is 12.4 Å². The smallest absolute Gasteiger partial charge is 0.297 e. The number of nitrogens with two attached hydrogens (primary N) is 1. The molecular weight excluding hydrogens is 302 g/mol. The van der Waals surface area contributed by atoms with Crippen LogP contribution in [0.15, 0.2) is 29.2 Å². The van der Waals surface area contributed by atoms with Crippen molar-refractivity contribution in [2.75, 3.05) is 13.2 Å². The van der Waals surface area contributed by atoms with E-state index in [1.165, 1.54) is 0 Å². The Balaban J connectivity index is 0.00000200. The summed E-state index contributed by atoms with van der Waals surface area (Å²) in [5.41, 5.74) is 6.70. The fraction of sp³-hybridized carbons (Fsp3) is 0.538. The first-order chi connectivity index (χ1) is 8.97. The summed E-state index contributed by atoms with van der Waals surface area (Å²) >= 11 is 0. The molecule has 5 nitrogen and oxygen atoms in total. The van der Waals surface area contributed by atoms with Gasteiger partial charge in [-0.1, -0.05) is 17.7 Å². The van der Waals surface area contributed by atoms with Crippen LogP contribution in [0.25, 0.3) is 0 Å². The molecule has 20 heavy (non-hydrogen) atoms. The second-order valence-electron chi connectivity index (χ2n) is 4.84. The SMILES string of the molecule is Cc1ccc(S(=O)(=O)OC[C@@H]2CC[C@@H](N)CO2)cc1.Cl. The van der Waals surface area contributed by atoms with Gasteiger partial charge in [-0.3, -0.25) is 4.18 Å². The summed E-state index contributed by atoms with van der Waals surface area (Å²) < 4.78 is 34.4. The van der Waals surface area contributed by atoms with Crippen molar-refractivity contribution in [1.29, 1.82) is 0 Å². The zero-order chi connectivity index (χ0) is 13.9. The molecule has 2 N–H and O–H groups in total. The molecule has 2 atom stereocenters. The highest BCUT2D eigenvalue weighted by molar-refractivity contribution is 7.86. The fourth-order valence-electron chi connectivity index (χ4n) is 1.90. The molecular formula is C13H20ClNO4S. The van der Waals surface area contributed by atoms with E-state index >= 15 is 0 Å². The molecule has 1 fully saturated rings. The lowest BCUT2D eigenvalue weighted by Crippen LogP contribution is -2.37. The van der Waals surface area contributed by atoms with Crippen LogP contribution in [0.4, 0.5) is 0 Å². The van der Waals surface area contributed by atoms with Crippen LogP contribution in [0.5, 0.6) is 0 Å². The van der Waals surface area contributed by atoms with E-state index in [9.17, 15) is 8.42 Å². The summed E-state index contributed by atoms with van der Waals surface area (Å²) in [6, 6.07) is 6.62. The normalized spacial score (nSPS) is 23.1. The van der Waals surface area contributed by atoms with Crippen molar-refractivity contribution in [1.82, 2.24) is 0 Å². The highest BCUT2D eigenvalue weighted by Gasteiger charge is 2.22. The van der Waals surface area contributed by atoms with Crippen LogP contribution in [0.3, 0.4) is 0 Å². The molecule has 0 spiro atoms. The standard InChI is InChI=1S/C13H19NO4S.ClH/c1-10-2-6-13(7-3-10)19(15,16)18-9-12-5-4-11(14)8-17-12;/h2-3,6-7,11-12H,4-5,8-9,14H2,1H3;1H/t11-,12+;/m1./s1. The number of aryl methyl sites for hydroxylation is 1. The predicted octanol–water partition coefficient (Wildman–Crippen LogP) is 1.63. The number of rotatable bonds is 4. The van der Waals surface area contributed by atoms with Crippen molar-refractivity contribution < 1.29 is 17.3 Å². The first-order valence-corrected chi connectivity index (χ1v) is 7.71. The first kappa shape index (κ1) is 17.4. The quantitative estimate of drug-likeness (QED) is 0.853. The maximum atomic E-state index is 11.9. The topological polar surface area (TPSA) is 78.6 Å². The maximum Gasteiger partial charge on any atom is 0.297 e. The summed E-state index contributed by atoms with van der Waals surface area (Å²) in [7, 11) is -3.70. The number of benzene rings is 1. The zero-order valence-corrected chi connectivity index (χ0v) is 13.0. The summed E-state index contributed by atoms with van der Waals surface area (Å²) in [5.74, 6) is 0. The Morgan fingerprint density at radius 3 is 2.50 bits per heavy atom. The summed E-state index contributed by atoms with van der Waals surface area (Å²) in [5, 5.41) is 0. The highest BCUT2D eigenvalue weighted by atomic mass is 35.5. The number of ether oxygens (including phenoxy) is 1. The molecule has 0 bridgehead atoms. The van der Waals surface area contributed by atoms with E-state index in [-0.39, 0.29) is 36.1 Å². The molecule has 114 valence electrons. The van der Waals surface area contributed by atoms with Crippen molar-refractivity contribution in [3.05, 3.63) is 29.8 Å². The van der Waals surface area contributed by atoms with Gasteiger partial charge in [0.15, 0.2) is 0 Å². The lowest BCUT2D eigenvalue weighted by molar-refractivity contribution is -0.0184. The molecule has 1 heterocycles. The van der Waals surface area contributed by atoms with Crippen molar-refractivity contribution >= 4 is 22.5 Å². The minimum atomic E-state index is -3.70. The summed E-state index contributed by atoms with van der Waals surface area (Å²) in [6.07, 6.45) is 1.36. The van der Waals surface area contributed by atoms with E-state index < -0.39 is 10.1 Å². The highest BCUT2D eigenvalue weighted by Crippen LogP contribution is 2.17. The maximum absolute atomic E-state index is 11.9. The van der Waals surface area contributed by atoms with Gasteiger partial charge in [0, 0.05) is 6.04 Å². The van der Waals surface area contributed by atoms with Crippen LogP contribution in [0.2, 0.25) is 0 Å². The largest absolute Gasteiger partial charge is 0.374 e. The van der Waals surface area contributed by atoms with Gasteiger partial charge in [0.2, 0.25) is 0 Å². The van der Waals surface area contributed by atoms with Crippen LogP contribution >= 0.6 is 12.4 Å². The lowest BCUT2D eigenvalue weighted by Gasteiger charge is -2.26. The van der Waals surface area contributed by atoms with Crippen LogP contribution in [0.1, 0.15) is 18.4 Å². The molecule has 7 heteroatoms. The Kier molecular flexibility index (Phi) is 6.42. The minimum absolute atomic E-state index is 0. The average molecular weight is 322 g/mol. The second kappa shape index (κ2) is 7.38. The van der Waals surface area contributed by atoms with E-state index in [1.807, 2.05) is 6.92 Å². The van der Waals surface area contributed by atoms with Gasteiger partial charge in [-0.2, -0.15) is 8.42 Å². The van der Waals surface area contributed by atoms with Crippen LogP contribution in [-0.2, 0) is 19.0 Å². The van der Waals surface area contributed by atoms with Crippen molar-refractivity contribution in [2.45, 2.75) is 36.8 Å². The third kappa shape index (κ3) is 4.71. The van der Waals surface area contributed by atoms with Gasteiger partial charge in [-0.05, 0) is 31.9 Å².